The number of hydrogen-bond acceptors (Lipinski definition) is 4. The Morgan fingerprint density at radius 1 is 0.929 bits per heavy atom. The summed E-state index contributed by atoms with van der Waals surface area (Å²) in [7, 11) is 0. The van der Waals surface area contributed by atoms with Gasteiger partial charge in [0, 0.05) is 23.6 Å². The van der Waals surface area contributed by atoms with E-state index in [1.165, 1.54) is 19.3 Å². The van der Waals surface area contributed by atoms with Crippen LogP contribution in [0.4, 0.5) is 17.1 Å². The number of anilines is 3. The molecule has 2 aromatic rings. The smallest absolute Gasteiger partial charge is 0.251 e. The highest BCUT2D eigenvalue weighted by molar-refractivity contribution is 6.05. The molecule has 1 saturated carbocycles. The summed E-state index contributed by atoms with van der Waals surface area (Å²) in [4.78, 5) is 45.4. The fourth-order valence-corrected chi connectivity index (χ4v) is 6.96. The van der Waals surface area contributed by atoms with Gasteiger partial charge >= 0.3 is 0 Å². The number of fused-ring (bicyclic) bond motifs is 1. The van der Waals surface area contributed by atoms with Crippen LogP contribution in [-0.2, 0) is 14.4 Å². The van der Waals surface area contributed by atoms with Gasteiger partial charge in [0.15, 0.2) is 0 Å². The van der Waals surface area contributed by atoms with Crippen LogP contribution in [0.15, 0.2) is 54.6 Å². The van der Waals surface area contributed by atoms with Crippen LogP contribution in [0.2, 0.25) is 0 Å². The molecule has 1 heterocycles. The number of carbonyl (C=O) groups excluding carboxylic acids is 3. The lowest BCUT2D eigenvalue weighted by Gasteiger charge is -2.38. The lowest BCUT2D eigenvalue weighted by Crippen LogP contribution is -2.56. The number of hydrogen-bond donors (Lipinski definition) is 2. The Morgan fingerprint density at radius 2 is 1.57 bits per heavy atom. The van der Waals surface area contributed by atoms with Gasteiger partial charge < -0.3 is 20.9 Å². The zero-order chi connectivity index (χ0) is 30.2. The number of nitrogens with zero attached hydrogens (tertiary/aromatic N) is 2. The maximum Gasteiger partial charge on any atom is 0.251 e. The lowest BCUT2D eigenvalue weighted by atomic mass is 9.81. The van der Waals surface area contributed by atoms with E-state index >= 15 is 0 Å². The van der Waals surface area contributed by atoms with Gasteiger partial charge in [0.1, 0.15) is 6.04 Å². The van der Waals surface area contributed by atoms with E-state index in [0.29, 0.717) is 25.3 Å². The van der Waals surface area contributed by atoms with Gasteiger partial charge in [0.25, 0.3) is 5.91 Å². The van der Waals surface area contributed by atoms with Gasteiger partial charge in [0.2, 0.25) is 11.8 Å². The van der Waals surface area contributed by atoms with Gasteiger partial charge in [-0.05, 0) is 68.7 Å². The molecule has 228 valence electrons. The molecular formula is C35H50N4O3. The molecule has 0 radical (unpaired) electrons. The zero-order valence-corrected chi connectivity index (χ0v) is 25.9. The number of primary amides is 1. The summed E-state index contributed by atoms with van der Waals surface area (Å²) in [6, 6.07) is 17.3. The van der Waals surface area contributed by atoms with E-state index in [9.17, 15) is 14.4 Å². The molecule has 0 saturated heterocycles. The second-order valence-corrected chi connectivity index (χ2v) is 12.7. The van der Waals surface area contributed by atoms with Crippen molar-refractivity contribution >= 4 is 34.8 Å². The number of unbranched alkanes of at least 4 members (excludes halogenated alkanes) is 1. The number of nitrogens with one attached hydrogen (secondary N) is 1. The molecule has 7 heteroatoms. The topological polar surface area (TPSA) is 95.7 Å². The van der Waals surface area contributed by atoms with E-state index in [-0.39, 0.29) is 23.8 Å². The molecule has 3 N–H and O–H groups in total. The van der Waals surface area contributed by atoms with Gasteiger partial charge in [-0.2, -0.15) is 0 Å². The van der Waals surface area contributed by atoms with Crippen LogP contribution in [0, 0.1) is 23.7 Å². The predicted octanol–water partition coefficient (Wildman–Crippen LogP) is 6.58. The highest BCUT2D eigenvalue weighted by Crippen LogP contribution is 2.41. The Morgan fingerprint density at radius 3 is 2.19 bits per heavy atom. The SMILES string of the molecule is CCCCC(C(N)=O)C(CC(C)C)C(=O)NC1CN(c2ccccc2)c2ccccc2N(C(C)C2CCCCC2)C1=O. The van der Waals surface area contributed by atoms with Crippen molar-refractivity contribution in [3.05, 3.63) is 54.6 Å². The second-order valence-electron chi connectivity index (χ2n) is 12.7. The van der Waals surface area contributed by atoms with E-state index in [1.807, 2.05) is 53.4 Å². The Labute approximate surface area is 252 Å². The van der Waals surface area contributed by atoms with Crippen LogP contribution >= 0.6 is 0 Å². The van der Waals surface area contributed by atoms with Crippen LogP contribution in [0.5, 0.6) is 0 Å². The molecule has 4 atom stereocenters. The third-order valence-corrected chi connectivity index (χ3v) is 9.24. The van der Waals surface area contributed by atoms with Gasteiger partial charge in [-0.3, -0.25) is 14.4 Å². The number of rotatable bonds is 12. The monoisotopic (exact) mass is 574 g/mol. The molecule has 7 nitrogen and oxygen atoms in total. The Kier molecular flexibility index (Phi) is 11.1. The largest absolute Gasteiger partial charge is 0.369 e. The summed E-state index contributed by atoms with van der Waals surface area (Å²) < 4.78 is 0. The fraction of sp³-hybridized carbons (Fsp3) is 0.571. The number of nitrogens with two attached hydrogens (primary N) is 1. The number of carbonyl (C=O) groups is 3. The molecule has 2 aromatic carbocycles. The molecule has 0 aromatic heterocycles. The van der Waals surface area contributed by atoms with E-state index < -0.39 is 23.8 Å². The zero-order valence-electron chi connectivity index (χ0n) is 25.9. The van der Waals surface area contributed by atoms with Crippen molar-refractivity contribution < 1.29 is 14.4 Å². The Bertz CT molecular complexity index is 1190. The van der Waals surface area contributed by atoms with Crippen LogP contribution in [0.1, 0.15) is 85.5 Å². The minimum Gasteiger partial charge on any atom is -0.369 e. The van der Waals surface area contributed by atoms with E-state index in [4.69, 9.17) is 5.73 Å². The number of amides is 3. The highest BCUT2D eigenvalue weighted by Gasteiger charge is 2.41. The fourth-order valence-electron chi connectivity index (χ4n) is 6.96. The first-order valence-corrected chi connectivity index (χ1v) is 16.1. The molecule has 2 aliphatic rings. The van der Waals surface area contributed by atoms with Gasteiger partial charge in [-0.1, -0.05) is 83.2 Å². The van der Waals surface area contributed by atoms with Gasteiger partial charge in [-0.15, -0.1) is 0 Å². The van der Waals surface area contributed by atoms with Crippen molar-refractivity contribution in [3.8, 4) is 0 Å². The van der Waals surface area contributed by atoms with Crippen LogP contribution in [0.3, 0.4) is 0 Å². The maximum atomic E-state index is 14.6. The molecule has 1 fully saturated rings. The Balaban J connectivity index is 1.74. The minimum absolute atomic E-state index is 0.0107. The quantitative estimate of drug-likeness (QED) is 0.299. The van der Waals surface area contributed by atoms with E-state index in [1.54, 1.807) is 0 Å². The standard InChI is InChI=1S/C35H50N4O3/c1-5-6-19-28(33(36)40)29(22-24(2)3)34(41)37-30-23-38(27-17-11-8-12-18-27)31-20-13-14-21-32(31)39(35(30)42)25(4)26-15-9-7-10-16-26/h8,11-14,17-18,20-21,24-26,28-30H,5-7,9-10,15-16,19,22-23H2,1-4H3,(H2,36,40)(H,37,41). The molecule has 1 aliphatic carbocycles. The van der Waals surface area contributed by atoms with Crippen LogP contribution in [-0.4, -0.2) is 36.3 Å². The van der Waals surface area contributed by atoms with Crippen LogP contribution < -0.4 is 20.9 Å². The van der Waals surface area contributed by atoms with Crippen LogP contribution in [0.25, 0.3) is 0 Å². The predicted molar refractivity (Wildman–Crippen MR) is 170 cm³/mol. The third kappa shape index (κ3) is 7.34. The molecular weight excluding hydrogens is 524 g/mol. The molecule has 1 aliphatic heterocycles. The van der Waals surface area contributed by atoms with Crippen molar-refractivity contribution in [2.45, 2.75) is 97.6 Å². The summed E-state index contributed by atoms with van der Waals surface area (Å²) in [6.07, 6.45) is 8.64. The first kappa shape index (κ1) is 31.6. The number of benzene rings is 2. The lowest BCUT2D eigenvalue weighted by molar-refractivity contribution is -0.136. The maximum absolute atomic E-state index is 14.6. The molecule has 42 heavy (non-hydrogen) atoms. The third-order valence-electron chi connectivity index (χ3n) is 9.24. The summed E-state index contributed by atoms with van der Waals surface area (Å²) >= 11 is 0. The van der Waals surface area contributed by atoms with Crippen molar-refractivity contribution in [1.29, 1.82) is 0 Å². The second kappa shape index (κ2) is 14.7. The van der Waals surface area contributed by atoms with E-state index in [0.717, 1.165) is 42.7 Å². The van der Waals surface area contributed by atoms with E-state index in [2.05, 4.69) is 44.0 Å². The highest BCUT2D eigenvalue weighted by atomic mass is 16.2. The normalized spacial score (nSPS) is 20.0. The molecule has 0 spiro atoms. The summed E-state index contributed by atoms with van der Waals surface area (Å²) in [5.74, 6) is -1.35. The van der Waals surface area contributed by atoms with Crippen molar-refractivity contribution in [2.24, 2.45) is 29.4 Å². The molecule has 3 amide bonds. The first-order chi connectivity index (χ1) is 20.2. The van der Waals surface area contributed by atoms with Crippen molar-refractivity contribution in [3.63, 3.8) is 0 Å². The summed E-state index contributed by atoms with van der Waals surface area (Å²) in [5, 5.41) is 3.17. The summed E-state index contributed by atoms with van der Waals surface area (Å²) in [6.45, 7) is 8.63. The average Bonchev–Trinajstić information content (AvgIpc) is 3.11. The molecule has 4 rings (SSSR count). The van der Waals surface area contributed by atoms with Crippen molar-refractivity contribution in [2.75, 3.05) is 16.3 Å². The van der Waals surface area contributed by atoms with Gasteiger partial charge in [0.05, 0.1) is 17.9 Å². The summed E-state index contributed by atoms with van der Waals surface area (Å²) in [5.41, 5.74) is 8.66. The average molecular weight is 575 g/mol. The minimum atomic E-state index is -0.787. The van der Waals surface area contributed by atoms with Gasteiger partial charge in [-0.25, -0.2) is 0 Å². The number of para-hydroxylation sites is 3. The Hall–Kier alpha value is -3.35. The first-order valence-electron chi connectivity index (χ1n) is 16.1. The molecule has 4 unspecified atom stereocenters. The van der Waals surface area contributed by atoms with Crippen molar-refractivity contribution in [1.82, 2.24) is 5.32 Å². The molecule has 0 bridgehead atoms.